The van der Waals surface area contributed by atoms with E-state index in [1.165, 1.54) is 6.21 Å². The number of hydrogen-bond acceptors (Lipinski definition) is 4. The molecule has 0 amide bonds. The Morgan fingerprint density at radius 3 is 2.69 bits per heavy atom. The average Bonchev–Trinajstić information content (AvgIpc) is 2.13. The molecular weight excluding hydrogens is 170 g/mol. The lowest BCUT2D eigenvalue weighted by atomic mass is 10.2. The Bertz CT molecular complexity index is 258. The lowest BCUT2D eigenvalue weighted by Gasteiger charge is -1.92. The van der Waals surface area contributed by atoms with E-state index in [1.807, 2.05) is 0 Å². The van der Waals surface area contributed by atoms with Crippen LogP contribution in [0, 0.1) is 28.6 Å². The van der Waals surface area contributed by atoms with Gasteiger partial charge >= 0.3 is 5.97 Å². The van der Waals surface area contributed by atoms with E-state index in [4.69, 9.17) is 10.5 Å². The Kier molecular flexibility index (Phi) is 5.82. The fourth-order valence-electron chi connectivity index (χ4n) is 0.576. The van der Waals surface area contributed by atoms with E-state index >= 15 is 0 Å². The van der Waals surface area contributed by atoms with E-state index < -0.39 is 11.9 Å². The van der Waals surface area contributed by atoms with Gasteiger partial charge in [0, 0.05) is 0 Å². The van der Waals surface area contributed by atoms with Crippen molar-refractivity contribution in [2.24, 2.45) is 5.92 Å². The van der Waals surface area contributed by atoms with Gasteiger partial charge < -0.3 is 4.74 Å². The maximum atomic E-state index is 10.7. The van der Waals surface area contributed by atoms with E-state index in [0.717, 1.165) is 0 Å². The summed E-state index contributed by atoms with van der Waals surface area (Å²) >= 11 is 0. The summed E-state index contributed by atoms with van der Waals surface area (Å²) in [5.74, 6) is -1.25. The molecule has 0 aliphatic carbocycles. The summed E-state index contributed by atoms with van der Waals surface area (Å²) in [6, 6.07) is 3.45. The van der Waals surface area contributed by atoms with E-state index in [-0.39, 0.29) is 6.54 Å². The van der Waals surface area contributed by atoms with Crippen molar-refractivity contribution >= 4 is 12.2 Å². The van der Waals surface area contributed by atoms with Gasteiger partial charge in [-0.3, -0.25) is 0 Å². The van der Waals surface area contributed by atoms with Crippen LogP contribution in [0.1, 0.15) is 6.92 Å². The van der Waals surface area contributed by atoms with Gasteiger partial charge in [0.25, 0.3) is 0 Å². The highest BCUT2D eigenvalue weighted by Gasteiger charge is 2.06. The number of nitrogens with zero attached hydrogens (tertiary/aromatic N) is 2. The number of esters is 1. The van der Waals surface area contributed by atoms with Crippen LogP contribution in [0.15, 0.2) is 0 Å². The minimum absolute atomic E-state index is 0.0201. The second-order valence-electron chi connectivity index (χ2n) is 2.09. The Morgan fingerprint density at radius 1 is 1.62 bits per heavy atom. The maximum absolute atomic E-state index is 10.7. The number of nitrogens with one attached hydrogen (secondary N) is 1. The highest BCUT2D eigenvalue weighted by molar-refractivity contribution is 5.71. The van der Waals surface area contributed by atoms with Crippen molar-refractivity contribution in [1.29, 1.82) is 10.5 Å². The van der Waals surface area contributed by atoms with Gasteiger partial charge in [0.15, 0.2) is 6.21 Å². The molecule has 5 nitrogen and oxygen atoms in total. The van der Waals surface area contributed by atoms with Crippen molar-refractivity contribution in [3.63, 3.8) is 0 Å². The number of hydrogen-bond donors (Lipinski definition) is 1. The molecule has 0 saturated heterocycles. The highest BCUT2D eigenvalue weighted by Crippen LogP contribution is 1.79. The molecule has 0 saturated carbocycles. The summed E-state index contributed by atoms with van der Waals surface area (Å²) in [6.45, 7) is 2.00. The van der Waals surface area contributed by atoms with E-state index in [0.29, 0.717) is 6.61 Å². The molecule has 0 aromatic carbocycles. The molecule has 0 heterocycles. The van der Waals surface area contributed by atoms with Crippen LogP contribution in [0.25, 0.3) is 0 Å². The molecule has 5 heteroatoms. The zero-order valence-corrected chi connectivity index (χ0v) is 7.28. The quantitative estimate of drug-likeness (QED) is 0.415. The number of carbonyl (C=O) groups is 1. The second-order valence-corrected chi connectivity index (χ2v) is 2.09. The summed E-state index contributed by atoms with van der Waals surface area (Å²) in [7, 11) is 0. The van der Waals surface area contributed by atoms with Crippen LogP contribution in [0.3, 0.4) is 0 Å². The largest absolute Gasteiger partial charge is 0.461 e. The predicted octanol–water partition coefficient (Wildman–Crippen LogP) is -1.64. The lowest BCUT2D eigenvalue weighted by molar-refractivity contribution is -0.443. The molecule has 0 aromatic heterocycles. The van der Waals surface area contributed by atoms with Crippen molar-refractivity contribution in [2.45, 2.75) is 6.92 Å². The smallest absolute Gasteiger partial charge is 0.372 e. The molecule has 68 valence electrons. The first-order valence-electron chi connectivity index (χ1n) is 3.76. The SMILES string of the molecule is CCOC(=O)C[NH+]=CC(C#N)C#N. The topological polar surface area (TPSA) is 87.8 Å². The molecule has 0 unspecified atom stereocenters. The Balaban J connectivity index is 3.83. The Labute approximate surface area is 76.2 Å². The first-order chi connectivity index (χ1) is 6.24. The standard InChI is InChI=1S/C8H9N3O2/c1-2-13-8(12)6-11-5-7(3-9)4-10/h5,7H,2,6H2,1H3/p+1. The first-order valence-corrected chi connectivity index (χ1v) is 3.76. The van der Waals surface area contributed by atoms with E-state index in [2.05, 4.69) is 9.73 Å². The minimum Gasteiger partial charge on any atom is -0.461 e. The lowest BCUT2D eigenvalue weighted by Crippen LogP contribution is -2.72. The normalized spacial score (nSPS) is 9.54. The van der Waals surface area contributed by atoms with Crippen molar-refractivity contribution in [3.8, 4) is 12.1 Å². The van der Waals surface area contributed by atoms with Crippen molar-refractivity contribution in [2.75, 3.05) is 13.2 Å². The minimum atomic E-state index is -0.838. The fraction of sp³-hybridized carbons (Fsp3) is 0.500. The van der Waals surface area contributed by atoms with Gasteiger partial charge in [-0.15, -0.1) is 0 Å². The zero-order valence-electron chi connectivity index (χ0n) is 7.28. The summed E-state index contributed by atoms with van der Waals surface area (Å²) in [6.07, 6.45) is 1.26. The monoisotopic (exact) mass is 180 g/mol. The summed E-state index contributed by atoms with van der Waals surface area (Å²) in [4.78, 5) is 13.3. The molecule has 0 bridgehead atoms. The molecule has 0 atom stereocenters. The van der Waals surface area contributed by atoms with Crippen LogP contribution >= 0.6 is 0 Å². The Hall–Kier alpha value is -1.88. The number of nitriles is 2. The van der Waals surface area contributed by atoms with Gasteiger partial charge in [-0.05, 0) is 6.92 Å². The van der Waals surface area contributed by atoms with Crippen molar-refractivity contribution in [1.82, 2.24) is 0 Å². The van der Waals surface area contributed by atoms with E-state index in [9.17, 15) is 4.79 Å². The van der Waals surface area contributed by atoms with Crippen LogP contribution in [-0.4, -0.2) is 25.3 Å². The third kappa shape index (κ3) is 5.40. The maximum Gasteiger partial charge on any atom is 0.372 e. The number of rotatable bonds is 4. The summed E-state index contributed by atoms with van der Waals surface area (Å²) in [5, 5.41) is 16.7. The summed E-state index contributed by atoms with van der Waals surface area (Å²) in [5.41, 5.74) is 0. The molecule has 0 aliphatic rings. The molecule has 13 heavy (non-hydrogen) atoms. The molecular formula is C8H10N3O2+. The van der Waals surface area contributed by atoms with Crippen molar-refractivity contribution in [3.05, 3.63) is 0 Å². The van der Waals surface area contributed by atoms with Gasteiger partial charge in [0.05, 0.1) is 18.7 Å². The molecule has 0 spiro atoms. The zero-order chi connectivity index (χ0) is 10.1. The van der Waals surface area contributed by atoms with Crippen LogP contribution in [0.2, 0.25) is 0 Å². The molecule has 0 radical (unpaired) electrons. The van der Waals surface area contributed by atoms with Crippen LogP contribution < -0.4 is 4.99 Å². The Morgan fingerprint density at radius 2 is 2.23 bits per heavy atom. The third-order valence-electron chi connectivity index (χ3n) is 1.11. The van der Waals surface area contributed by atoms with Crippen LogP contribution in [0.5, 0.6) is 0 Å². The summed E-state index contributed by atoms with van der Waals surface area (Å²) < 4.78 is 4.60. The van der Waals surface area contributed by atoms with Gasteiger partial charge in [0.1, 0.15) is 0 Å². The van der Waals surface area contributed by atoms with Gasteiger partial charge in [-0.2, -0.15) is 10.5 Å². The molecule has 0 aliphatic heterocycles. The van der Waals surface area contributed by atoms with Gasteiger partial charge in [-0.1, -0.05) is 0 Å². The van der Waals surface area contributed by atoms with Crippen molar-refractivity contribution < 1.29 is 14.5 Å². The number of carbonyl (C=O) groups excluding carboxylic acids is 1. The molecule has 1 N–H and O–H groups in total. The van der Waals surface area contributed by atoms with Gasteiger partial charge in [0.2, 0.25) is 12.5 Å². The molecule has 0 rings (SSSR count). The third-order valence-corrected chi connectivity index (χ3v) is 1.11. The highest BCUT2D eigenvalue weighted by atomic mass is 16.5. The first kappa shape index (κ1) is 11.1. The number of ether oxygens (including phenoxy) is 1. The molecule has 0 aromatic rings. The van der Waals surface area contributed by atoms with Gasteiger partial charge in [-0.25, -0.2) is 9.79 Å². The molecule has 0 fully saturated rings. The van der Waals surface area contributed by atoms with Crippen LogP contribution in [0.4, 0.5) is 0 Å². The van der Waals surface area contributed by atoms with Crippen LogP contribution in [-0.2, 0) is 9.53 Å². The predicted molar refractivity (Wildman–Crippen MR) is 43.2 cm³/mol. The second kappa shape index (κ2) is 6.81. The average molecular weight is 180 g/mol. The fourth-order valence-corrected chi connectivity index (χ4v) is 0.576. The van der Waals surface area contributed by atoms with E-state index in [1.54, 1.807) is 19.1 Å².